The molecule has 0 spiro atoms. The Morgan fingerprint density at radius 3 is 2.79 bits per heavy atom. The Bertz CT molecular complexity index is 438. The molecule has 1 aliphatic carbocycles. The molecule has 19 heavy (non-hydrogen) atoms. The first kappa shape index (κ1) is 12.9. The van der Waals surface area contributed by atoms with Crippen LogP contribution >= 0.6 is 0 Å². The van der Waals surface area contributed by atoms with Crippen molar-refractivity contribution >= 4 is 5.82 Å². The molecule has 1 saturated heterocycles. The van der Waals surface area contributed by atoms with Crippen LogP contribution in [0.15, 0.2) is 0 Å². The SMILES string of the molecule is CCCCc1nc2c(c(N3CCNCC3)n1)CCC2. The summed E-state index contributed by atoms with van der Waals surface area (Å²) in [4.78, 5) is 12.1. The number of aryl methyl sites for hydroxylation is 2. The van der Waals surface area contributed by atoms with Crippen molar-refractivity contribution in [3.05, 3.63) is 17.1 Å². The summed E-state index contributed by atoms with van der Waals surface area (Å²) in [6.07, 6.45) is 7.01. The van der Waals surface area contributed by atoms with E-state index in [-0.39, 0.29) is 0 Å². The van der Waals surface area contributed by atoms with Gasteiger partial charge in [-0.25, -0.2) is 9.97 Å². The largest absolute Gasteiger partial charge is 0.354 e. The second-order valence-corrected chi connectivity index (χ2v) is 5.58. The van der Waals surface area contributed by atoms with Crippen LogP contribution in [0.25, 0.3) is 0 Å². The van der Waals surface area contributed by atoms with Crippen molar-refractivity contribution in [3.8, 4) is 0 Å². The highest BCUT2D eigenvalue weighted by Gasteiger charge is 2.23. The van der Waals surface area contributed by atoms with Crippen molar-refractivity contribution in [2.24, 2.45) is 0 Å². The minimum atomic E-state index is 1.03. The number of nitrogens with zero attached hydrogens (tertiary/aromatic N) is 3. The second-order valence-electron chi connectivity index (χ2n) is 5.58. The number of hydrogen-bond donors (Lipinski definition) is 1. The molecule has 1 N–H and O–H groups in total. The molecule has 1 aromatic rings. The number of hydrogen-bond acceptors (Lipinski definition) is 4. The summed E-state index contributed by atoms with van der Waals surface area (Å²) in [5.41, 5.74) is 2.76. The van der Waals surface area contributed by atoms with Gasteiger partial charge in [-0.2, -0.15) is 0 Å². The zero-order valence-electron chi connectivity index (χ0n) is 11.9. The van der Waals surface area contributed by atoms with E-state index in [1.807, 2.05) is 0 Å². The van der Waals surface area contributed by atoms with E-state index >= 15 is 0 Å². The molecule has 3 rings (SSSR count). The predicted octanol–water partition coefficient (Wildman–Crippen LogP) is 1.72. The molecule has 0 unspecified atom stereocenters. The minimum Gasteiger partial charge on any atom is -0.354 e. The average molecular weight is 260 g/mol. The molecular formula is C15H24N4. The first-order chi connectivity index (χ1) is 9.38. The lowest BCUT2D eigenvalue weighted by Crippen LogP contribution is -2.44. The molecule has 4 heteroatoms. The van der Waals surface area contributed by atoms with Crippen LogP contribution in [0.2, 0.25) is 0 Å². The maximum atomic E-state index is 4.89. The molecule has 0 radical (unpaired) electrons. The highest BCUT2D eigenvalue weighted by atomic mass is 15.2. The van der Waals surface area contributed by atoms with Crippen molar-refractivity contribution in [2.45, 2.75) is 45.4 Å². The van der Waals surface area contributed by atoms with Crippen LogP contribution in [0.1, 0.15) is 43.3 Å². The van der Waals surface area contributed by atoms with E-state index in [4.69, 9.17) is 9.97 Å². The Hall–Kier alpha value is -1.16. The lowest BCUT2D eigenvalue weighted by Gasteiger charge is -2.30. The molecule has 1 aromatic heterocycles. The van der Waals surface area contributed by atoms with E-state index < -0.39 is 0 Å². The summed E-state index contributed by atoms with van der Waals surface area (Å²) in [7, 11) is 0. The van der Waals surface area contributed by atoms with Gasteiger partial charge in [0.05, 0.1) is 0 Å². The van der Waals surface area contributed by atoms with Crippen molar-refractivity contribution in [2.75, 3.05) is 31.1 Å². The third kappa shape index (κ3) is 2.73. The van der Waals surface area contributed by atoms with E-state index in [0.29, 0.717) is 0 Å². The first-order valence-corrected chi connectivity index (χ1v) is 7.73. The monoisotopic (exact) mass is 260 g/mol. The van der Waals surface area contributed by atoms with Crippen molar-refractivity contribution in [1.82, 2.24) is 15.3 Å². The predicted molar refractivity (Wildman–Crippen MR) is 77.8 cm³/mol. The van der Waals surface area contributed by atoms with Gasteiger partial charge in [0.25, 0.3) is 0 Å². The Balaban J connectivity index is 1.89. The van der Waals surface area contributed by atoms with Gasteiger partial charge in [0.15, 0.2) is 0 Å². The van der Waals surface area contributed by atoms with Crippen LogP contribution in [0.3, 0.4) is 0 Å². The van der Waals surface area contributed by atoms with E-state index in [1.54, 1.807) is 0 Å². The van der Waals surface area contributed by atoms with Gasteiger partial charge in [-0.3, -0.25) is 0 Å². The molecule has 0 aromatic carbocycles. The smallest absolute Gasteiger partial charge is 0.135 e. The fourth-order valence-electron chi connectivity index (χ4n) is 3.05. The number of fused-ring (bicyclic) bond motifs is 1. The van der Waals surface area contributed by atoms with Crippen LogP contribution < -0.4 is 10.2 Å². The quantitative estimate of drug-likeness (QED) is 0.895. The number of rotatable bonds is 4. The van der Waals surface area contributed by atoms with Gasteiger partial charge in [-0.05, 0) is 25.7 Å². The molecule has 0 saturated carbocycles. The van der Waals surface area contributed by atoms with Crippen molar-refractivity contribution in [3.63, 3.8) is 0 Å². The summed E-state index contributed by atoms with van der Waals surface area (Å²) in [6.45, 7) is 6.53. The Morgan fingerprint density at radius 2 is 2.00 bits per heavy atom. The van der Waals surface area contributed by atoms with E-state index in [1.165, 1.54) is 42.8 Å². The van der Waals surface area contributed by atoms with Crippen LogP contribution in [0.5, 0.6) is 0 Å². The number of piperazine rings is 1. The molecule has 104 valence electrons. The molecule has 1 aliphatic heterocycles. The van der Waals surface area contributed by atoms with Crippen molar-refractivity contribution < 1.29 is 0 Å². The van der Waals surface area contributed by atoms with Gasteiger partial charge in [0.1, 0.15) is 11.6 Å². The van der Waals surface area contributed by atoms with E-state index in [2.05, 4.69) is 17.1 Å². The van der Waals surface area contributed by atoms with Crippen LogP contribution in [0.4, 0.5) is 5.82 Å². The summed E-state index contributed by atoms with van der Waals surface area (Å²) in [6, 6.07) is 0. The molecule has 2 aliphatic rings. The number of nitrogens with one attached hydrogen (secondary N) is 1. The van der Waals surface area contributed by atoms with Gasteiger partial charge in [-0.1, -0.05) is 13.3 Å². The summed E-state index contributed by atoms with van der Waals surface area (Å²) in [5.74, 6) is 2.31. The summed E-state index contributed by atoms with van der Waals surface area (Å²) < 4.78 is 0. The third-order valence-corrected chi connectivity index (χ3v) is 4.13. The molecule has 1 fully saturated rings. The Labute approximate surface area is 115 Å². The van der Waals surface area contributed by atoms with E-state index in [0.717, 1.165) is 44.8 Å². The topological polar surface area (TPSA) is 41.1 Å². The van der Waals surface area contributed by atoms with Crippen LogP contribution in [0, 0.1) is 0 Å². The van der Waals surface area contributed by atoms with Gasteiger partial charge in [0, 0.05) is 43.9 Å². The van der Waals surface area contributed by atoms with Gasteiger partial charge >= 0.3 is 0 Å². The highest BCUT2D eigenvalue weighted by Crippen LogP contribution is 2.29. The minimum absolute atomic E-state index is 1.03. The van der Waals surface area contributed by atoms with Crippen molar-refractivity contribution in [1.29, 1.82) is 0 Å². The molecule has 2 heterocycles. The zero-order chi connectivity index (χ0) is 13.1. The van der Waals surface area contributed by atoms with Crippen LogP contribution in [-0.4, -0.2) is 36.1 Å². The zero-order valence-corrected chi connectivity index (χ0v) is 11.9. The van der Waals surface area contributed by atoms with Gasteiger partial charge in [0.2, 0.25) is 0 Å². The molecular weight excluding hydrogens is 236 g/mol. The Morgan fingerprint density at radius 1 is 1.16 bits per heavy atom. The average Bonchev–Trinajstić information content (AvgIpc) is 2.93. The maximum absolute atomic E-state index is 4.89. The lowest BCUT2D eigenvalue weighted by atomic mass is 10.2. The summed E-state index contributed by atoms with van der Waals surface area (Å²) >= 11 is 0. The first-order valence-electron chi connectivity index (χ1n) is 7.73. The molecule has 0 atom stereocenters. The molecule has 0 bridgehead atoms. The molecule has 4 nitrogen and oxygen atoms in total. The number of aromatic nitrogens is 2. The van der Waals surface area contributed by atoms with Crippen LogP contribution in [-0.2, 0) is 19.3 Å². The second kappa shape index (κ2) is 5.87. The third-order valence-electron chi connectivity index (χ3n) is 4.13. The Kier molecular flexibility index (Phi) is 3.97. The standard InChI is InChI=1S/C15H24N4/c1-2-3-7-14-17-13-6-4-5-12(13)15(18-14)19-10-8-16-9-11-19/h16H,2-11H2,1H3. The normalized spacial score (nSPS) is 18.7. The number of anilines is 1. The lowest BCUT2D eigenvalue weighted by molar-refractivity contribution is 0.581. The molecule has 0 amide bonds. The summed E-state index contributed by atoms with van der Waals surface area (Å²) in [5, 5.41) is 3.42. The van der Waals surface area contributed by atoms with Gasteiger partial charge < -0.3 is 10.2 Å². The fourth-order valence-corrected chi connectivity index (χ4v) is 3.05. The maximum Gasteiger partial charge on any atom is 0.135 e. The number of unbranched alkanes of at least 4 members (excludes halogenated alkanes) is 1. The van der Waals surface area contributed by atoms with E-state index in [9.17, 15) is 0 Å². The fraction of sp³-hybridized carbons (Fsp3) is 0.733. The highest BCUT2D eigenvalue weighted by molar-refractivity contribution is 5.51. The van der Waals surface area contributed by atoms with Gasteiger partial charge in [-0.15, -0.1) is 0 Å².